The number of aliphatic imine (C=N–C) groups is 1. The Morgan fingerprint density at radius 1 is 1.18 bits per heavy atom. The highest BCUT2D eigenvalue weighted by atomic mass is 127. The van der Waals surface area contributed by atoms with Crippen molar-refractivity contribution >= 4 is 41.3 Å². The maximum Gasteiger partial charge on any atom is 0.191 e. The van der Waals surface area contributed by atoms with Crippen molar-refractivity contribution in [3.63, 3.8) is 0 Å². The summed E-state index contributed by atoms with van der Waals surface area (Å²) in [6.45, 7) is 6.29. The van der Waals surface area contributed by atoms with E-state index in [1.54, 1.807) is 18.4 Å². The molecule has 150 valence electrons. The standard InChI is InChI=1S/C20H25N5OS.HI/c1-4-21-20(23-14-19-15(2)10-12-27-19)22-13-16-9-11-25(24-16)17-5-7-18(26-3)8-6-17;/h5-12H,4,13-14H2,1-3H3,(H2,21,22,23);1H. The van der Waals surface area contributed by atoms with Gasteiger partial charge in [-0.15, -0.1) is 35.3 Å². The summed E-state index contributed by atoms with van der Waals surface area (Å²) in [4.78, 5) is 5.97. The van der Waals surface area contributed by atoms with Gasteiger partial charge in [0, 0.05) is 17.6 Å². The van der Waals surface area contributed by atoms with Gasteiger partial charge in [-0.1, -0.05) is 0 Å². The van der Waals surface area contributed by atoms with Crippen molar-refractivity contribution in [2.24, 2.45) is 4.99 Å². The molecule has 0 spiro atoms. The zero-order chi connectivity index (χ0) is 19.1. The number of methoxy groups -OCH3 is 1. The van der Waals surface area contributed by atoms with E-state index in [1.807, 2.05) is 41.2 Å². The van der Waals surface area contributed by atoms with Gasteiger partial charge in [0.15, 0.2) is 5.96 Å². The molecule has 0 amide bonds. The number of halogens is 1. The van der Waals surface area contributed by atoms with E-state index in [0.717, 1.165) is 36.2 Å². The second-order valence-corrected chi connectivity index (χ2v) is 7.03. The topological polar surface area (TPSA) is 63.5 Å². The number of hydrogen-bond donors (Lipinski definition) is 2. The molecule has 2 heterocycles. The fraction of sp³-hybridized carbons (Fsp3) is 0.300. The quantitative estimate of drug-likeness (QED) is 0.285. The number of ether oxygens (including phenoxy) is 1. The van der Waals surface area contributed by atoms with Crippen LogP contribution in [0.3, 0.4) is 0 Å². The van der Waals surface area contributed by atoms with Crippen LogP contribution < -0.4 is 15.4 Å². The Hall–Kier alpha value is -2.07. The summed E-state index contributed by atoms with van der Waals surface area (Å²) in [5, 5.41) is 13.4. The number of thiophene rings is 1. The van der Waals surface area contributed by atoms with Crippen LogP contribution in [0.25, 0.3) is 5.69 Å². The van der Waals surface area contributed by atoms with E-state index >= 15 is 0 Å². The number of hydrogen-bond acceptors (Lipinski definition) is 4. The Bertz CT molecular complexity index is 888. The van der Waals surface area contributed by atoms with E-state index < -0.39 is 0 Å². The highest BCUT2D eigenvalue weighted by Crippen LogP contribution is 2.15. The first-order valence-corrected chi connectivity index (χ1v) is 9.81. The van der Waals surface area contributed by atoms with Gasteiger partial charge in [0.05, 0.1) is 31.6 Å². The Balaban J connectivity index is 0.00000280. The zero-order valence-corrected chi connectivity index (χ0v) is 19.5. The van der Waals surface area contributed by atoms with Crippen LogP contribution in [0.1, 0.15) is 23.1 Å². The molecule has 8 heteroatoms. The third kappa shape index (κ3) is 5.96. The Kier molecular flexibility index (Phi) is 8.78. The van der Waals surface area contributed by atoms with Crippen LogP contribution in [-0.4, -0.2) is 29.4 Å². The molecule has 0 aliphatic heterocycles. The molecule has 0 aliphatic carbocycles. The van der Waals surface area contributed by atoms with Gasteiger partial charge in [-0.25, -0.2) is 9.67 Å². The number of aromatic nitrogens is 2. The number of nitrogens with one attached hydrogen (secondary N) is 2. The van der Waals surface area contributed by atoms with Crippen LogP contribution in [0.5, 0.6) is 5.75 Å². The van der Waals surface area contributed by atoms with Gasteiger partial charge in [0.25, 0.3) is 0 Å². The van der Waals surface area contributed by atoms with E-state index in [4.69, 9.17) is 4.74 Å². The molecule has 0 bridgehead atoms. The van der Waals surface area contributed by atoms with Gasteiger partial charge in [-0.3, -0.25) is 0 Å². The molecule has 0 aliphatic rings. The summed E-state index contributed by atoms with van der Waals surface area (Å²) in [6.07, 6.45) is 1.95. The minimum Gasteiger partial charge on any atom is -0.497 e. The lowest BCUT2D eigenvalue weighted by molar-refractivity contribution is 0.414. The number of benzene rings is 1. The molecule has 0 unspecified atom stereocenters. The number of aryl methyl sites for hydroxylation is 1. The van der Waals surface area contributed by atoms with Crippen molar-refractivity contribution in [2.45, 2.75) is 26.9 Å². The summed E-state index contributed by atoms with van der Waals surface area (Å²) < 4.78 is 7.04. The van der Waals surface area contributed by atoms with Crippen molar-refractivity contribution in [3.8, 4) is 11.4 Å². The average molecular weight is 511 g/mol. The van der Waals surface area contributed by atoms with Crippen molar-refractivity contribution < 1.29 is 4.74 Å². The predicted octanol–water partition coefficient (Wildman–Crippen LogP) is 4.12. The molecule has 2 aromatic heterocycles. The second kappa shape index (κ2) is 11.1. The second-order valence-electron chi connectivity index (χ2n) is 6.03. The van der Waals surface area contributed by atoms with Gasteiger partial charge in [0.1, 0.15) is 5.75 Å². The van der Waals surface area contributed by atoms with Gasteiger partial charge >= 0.3 is 0 Å². The van der Waals surface area contributed by atoms with Crippen LogP contribution in [0.4, 0.5) is 0 Å². The summed E-state index contributed by atoms with van der Waals surface area (Å²) in [5.41, 5.74) is 3.21. The number of nitrogens with zero attached hydrogens (tertiary/aromatic N) is 3. The van der Waals surface area contributed by atoms with Crippen LogP contribution in [0.15, 0.2) is 53.0 Å². The van der Waals surface area contributed by atoms with E-state index in [9.17, 15) is 0 Å². The van der Waals surface area contributed by atoms with Gasteiger partial charge < -0.3 is 15.4 Å². The minimum atomic E-state index is 0. The average Bonchev–Trinajstić information content (AvgIpc) is 3.33. The first-order valence-electron chi connectivity index (χ1n) is 8.93. The molecular weight excluding hydrogens is 485 g/mol. The third-order valence-corrected chi connectivity index (χ3v) is 5.13. The van der Waals surface area contributed by atoms with E-state index in [0.29, 0.717) is 6.54 Å². The smallest absolute Gasteiger partial charge is 0.191 e. The van der Waals surface area contributed by atoms with Crippen molar-refractivity contribution in [1.82, 2.24) is 20.4 Å². The summed E-state index contributed by atoms with van der Waals surface area (Å²) in [6, 6.07) is 11.9. The van der Waals surface area contributed by atoms with E-state index in [2.05, 4.69) is 46.0 Å². The molecule has 0 fully saturated rings. The molecule has 0 radical (unpaired) electrons. The Morgan fingerprint density at radius 3 is 2.61 bits per heavy atom. The Labute approximate surface area is 187 Å². The zero-order valence-electron chi connectivity index (χ0n) is 16.3. The fourth-order valence-corrected chi connectivity index (χ4v) is 3.42. The monoisotopic (exact) mass is 511 g/mol. The highest BCUT2D eigenvalue weighted by molar-refractivity contribution is 14.0. The summed E-state index contributed by atoms with van der Waals surface area (Å²) in [5.74, 6) is 1.63. The normalized spacial score (nSPS) is 11.0. The highest BCUT2D eigenvalue weighted by Gasteiger charge is 2.04. The summed E-state index contributed by atoms with van der Waals surface area (Å²) >= 11 is 1.76. The molecule has 1 aromatic carbocycles. The molecule has 6 nitrogen and oxygen atoms in total. The van der Waals surface area contributed by atoms with E-state index in [1.165, 1.54) is 10.4 Å². The molecule has 0 saturated carbocycles. The molecule has 3 rings (SSSR count). The summed E-state index contributed by atoms with van der Waals surface area (Å²) in [7, 11) is 1.66. The molecule has 28 heavy (non-hydrogen) atoms. The molecular formula is C20H26IN5OS. The largest absolute Gasteiger partial charge is 0.497 e. The Morgan fingerprint density at radius 2 is 1.96 bits per heavy atom. The third-order valence-electron chi connectivity index (χ3n) is 4.11. The van der Waals surface area contributed by atoms with Gasteiger partial charge in [-0.2, -0.15) is 5.10 Å². The van der Waals surface area contributed by atoms with Gasteiger partial charge in [-0.05, 0) is 61.2 Å². The maximum absolute atomic E-state index is 5.19. The maximum atomic E-state index is 5.19. The van der Waals surface area contributed by atoms with Crippen LogP contribution in [-0.2, 0) is 13.1 Å². The van der Waals surface area contributed by atoms with Crippen LogP contribution in [0.2, 0.25) is 0 Å². The first-order chi connectivity index (χ1) is 13.2. The molecule has 3 aromatic rings. The van der Waals surface area contributed by atoms with Crippen molar-refractivity contribution in [1.29, 1.82) is 0 Å². The fourth-order valence-electron chi connectivity index (χ4n) is 2.58. The molecule has 2 N–H and O–H groups in total. The van der Waals surface area contributed by atoms with E-state index in [-0.39, 0.29) is 24.0 Å². The van der Waals surface area contributed by atoms with Gasteiger partial charge in [0.2, 0.25) is 0 Å². The number of guanidine groups is 1. The van der Waals surface area contributed by atoms with Crippen molar-refractivity contribution in [3.05, 3.63) is 64.1 Å². The number of rotatable bonds is 7. The van der Waals surface area contributed by atoms with Crippen LogP contribution >= 0.6 is 35.3 Å². The predicted molar refractivity (Wildman–Crippen MR) is 126 cm³/mol. The lowest BCUT2D eigenvalue weighted by Gasteiger charge is -2.10. The lowest BCUT2D eigenvalue weighted by Crippen LogP contribution is -2.36. The molecule has 0 saturated heterocycles. The SMILES string of the molecule is CCNC(=NCc1ccn(-c2ccc(OC)cc2)n1)NCc1sccc1C.I. The molecule has 0 atom stereocenters. The first kappa shape index (κ1) is 22.2. The lowest BCUT2D eigenvalue weighted by atomic mass is 10.3. The van der Waals surface area contributed by atoms with Crippen molar-refractivity contribution in [2.75, 3.05) is 13.7 Å². The minimum absolute atomic E-state index is 0. The van der Waals surface area contributed by atoms with Crippen LogP contribution in [0, 0.1) is 6.92 Å².